The Morgan fingerprint density at radius 2 is 2.14 bits per heavy atom. The van der Waals surface area contributed by atoms with Crippen LogP contribution in [0.25, 0.3) is 10.9 Å². The Balaban J connectivity index is 1.87. The third-order valence-electron chi connectivity index (χ3n) is 2.96. The number of carbonyl (C=O) groups is 1. The standard InChI is InChI=1S/C14H13N5O2/c1-8-17-13(19-21-8)7-16-14(20)10-6-12(15)18-11-5-3-2-4-9(10)11/h2-6H,7H2,1H3,(H2,15,18)(H,16,20). The molecule has 0 bridgehead atoms. The number of para-hydroxylation sites is 1. The SMILES string of the molecule is Cc1nc(CNC(=O)c2cc(N)nc3ccccc23)no1. The van der Waals surface area contributed by atoms with E-state index in [0.29, 0.717) is 28.6 Å². The third kappa shape index (κ3) is 2.66. The molecule has 7 heteroatoms. The first kappa shape index (κ1) is 13.0. The monoisotopic (exact) mass is 283 g/mol. The maximum Gasteiger partial charge on any atom is 0.252 e. The normalized spacial score (nSPS) is 10.7. The van der Waals surface area contributed by atoms with Crippen LogP contribution in [0.2, 0.25) is 0 Å². The Bertz CT molecular complexity index is 812. The molecule has 0 saturated heterocycles. The summed E-state index contributed by atoms with van der Waals surface area (Å²) in [4.78, 5) is 20.5. The maximum atomic E-state index is 12.3. The number of aromatic nitrogens is 3. The quantitative estimate of drug-likeness (QED) is 0.753. The van der Waals surface area contributed by atoms with Crippen LogP contribution in [0, 0.1) is 6.92 Å². The van der Waals surface area contributed by atoms with Crippen molar-refractivity contribution in [1.82, 2.24) is 20.4 Å². The fraction of sp³-hybridized carbons (Fsp3) is 0.143. The number of hydrogen-bond acceptors (Lipinski definition) is 6. The number of pyridine rings is 1. The predicted octanol–water partition coefficient (Wildman–Crippen LogP) is 1.44. The molecule has 0 aliphatic rings. The van der Waals surface area contributed by atoms with E-state index in [1.54, 1.807) is 13.0 Å². The van der Waals surface area contributed by atoms with Gasteiger partial charge in [0.05, 0.1) is 17.6 Å². The summed E-state index contributed by atoms with van der Waals surface area (Å²) in [6.07, 6.45) is 0. The van der Waals surface area contributed by atoms with Gasteiger partial charge in [0.25, 0.3) is 5.91 Å². The van der Waals surface area contributed by atoms with Crippen molar-refractivity contribution in [3.8, 4) is 0 Å². The number of fused-ring (bicyclic) bond motifs is 1. The van der Waals surface area contributed by atoms with Crippen LogP contribution in [0.4, 0.5) is 5.82 Å². The van der Waals surface area contributed by atoms with E-state index in [-0.39, 0.29) is 12.5 Å². The van der Waals surface area contributed by atoms with E-state index in [4.69, 9.17) is 10.3 Å². The summed E-state index contributed by atoms with van der Waals surface area (Å²) in [5.41, 5.74) is 6.89. The van der Waals surface area contributed by atoms with E-state index in [1.807, 2.05) is 24.3 Å². The summed E-state index contributed by atoms with van der Waals surface area (Å²) in [6, 6.07) is 8.89. The van der Waals surface area contributed by atoms with E-state index in [2.05, 4.69) is 20.4 Å². The molecule has 3 aromatic rings. The number of aryl methyl sites for hydroxylation is 1. The summed E-state index contributed by atoms with van der Waals surface area (Å²) in [5.74, 6) is 0.919. The molecule has 21 heavy (non-hydrogen) atoms. The average molecular weight is 283 g/mol. The van der Waals surface area contributed by atoms with E-state index in [0.717, 1.165) is 5.39 Å². The topological polar surface area (TPSA) is 107 Å². The minimum absolute atomic E-state index is 0.187. The van der Waals surface area contributed by atoms with Gasteiger partial charge in [0.1, 0.15) is 5.82 Å². The van der Waals surface area contributed by atoms with Crippen LogP contribution in [-0.2, 0) is 6.54 Å². The van der Waals surface area contributed by atoms with E-state index < -0.39 is 0 Å². The van der Waals surface area contributed by atoms with Crippen LogP contribution in [0.1, 0.15) is 22.1 Å². The van der Waals surface area contributed by atoms with Crippen LogP contribution in [0.3, 0.4) is 0 Å². The van der Waals surface area contributed by atoms with Gasteiger partial charge in [-0.2, -0.15) is 4.98 Å². The lowest BCUT2D eigenvalue weighted by Gasteiger charge is -2.07. The number of rotatable bonds is 3. The van der Waals surface area contributed by atoms with Crippen molar-refractivity contribution in [3.63, 3.8) is 0 Å². The molecule has 0 spiro atoms. The minimum atomic E-state index is -0.261. The van der Waals surface area contributed by atoms with Crippen molar-refractivity contribution in [1.29, 1.82) is 0 Å². The molecule has 0 saturated carbocycles. The lowest BCUT2D eigenvalue weighted by molar-refractivity contribution is 0.0951. The van der Waals surface area contributed by atoms with Gasteiger partial charge in [-0.25, -0.2) is 4.98 Å². The zero-order chi connectivity index (χ0) is 14.8. The van der Waals surface area contributed by atoms with Gasteiger partial charge in [0.2, 0.25) is 5.89 Å². The molecule has 2 heterocycles. The number of amides is 1. The highest BCUT2D eigenvalue weighted by Gasteiger charge is 2.13. The second-order valence-electron chi connectivity index (χ2n) is 4.52. The molecular weight excluding hydrogens is 270 g/mol. The van der Waals surface area contributed by atoms with Gasteiger partial charge in [-0.1, -0.05) is 23.4 Å². The smallest absolute Gasteiger partial charge is 0.252 e. The lowest BCUT2D eigenvalue weighted by Crippen LogP contribution is -2.24. The molecule has 0 aliphatic heterocycles. The molecule has 3 N–H and O–H groups in total. The van der Waals surface area contributed by atoms with Gasteiger partial charge < -0.3 is 15.6 Å². The fourth-order valence-corrected chi connectivity index (χ4v) is 2.05. The molecule has 0 aliphatic carbocycles. The Kier molecular flexibility index (Phi) is 3.23. The summed E-state index contributed by atoms with van der Waals surface area (Å²) < 4.78 is 4.85. The first-order valence-corrected chi connectivity index (χ1v) is 6.36. The molecule has 1 aromatic carbocycles. The highest BCUT2D eigenvalue weighted by Crippen LogP contribution is 2.19. The number of nitrogen functional groups attached to an aromatic ring is 1. The van der Waals surface area contributed by atoms with Crippen molar-refractivity contribution in [3.05, 3.63) is 47.6 Å². The minimum Gasteiger partial charge on any atom is -0.384 e. The molecule has 0 unspecified atom stereocenters. The van der Waals surface area contributed by atoms with Crippen molar-refractivity contribution < 1.29 is 9.32 Å². The average Bonchev–Trinajstić information content (AvgIpc) is 2.89. The van der Waals surface area contributed by atoms with Gasteiger partial charge in [-0.05, 0) is 12.1 Å². The van der Waals surface area contributed by atoms with Gasteiger partial charge in [-0.3, -0.25) is 4.79 Å². The van der Waals surface area contributed by atoms with Crippen molar-refractivity contribution in [2.75, 3.05) is 5.73 Å². The lowest BCUT2D eigenvalue weighted by atomic mass is 10.1. The number of nitrogens with two attached hydrogens (primary N) is 1. The van der Waals surface area contributed by atoms with Gasteiger partial charge in [0, 0.05) is 12.3 Å². The van der Waals surface area contributed by atoms with Crippen molar-refractivity contribution in [2.24, 2.45) is 0 Å². The third-order valence-corrected chi connectivity index (χ3v) is 2.96. The molecule has 1 amide bonds. The zero-order valence-electron chi connectivity index (χ0n) is 11.3. The number of nitrogens with zero attached hydrogens (tertiary/aromatic N) is 3. The molecule has 0 radical (unpaired) electrons. The number of hydrogen-bond donors (Lipinski definition) is 2. The summed E-state index contributed by atoms with van der Waals surface area (Å²) in [5, 5.41) is 7.21. The fourth-order valence-electron chi connectivity index (χ4n) is 2.05. The molecule has 2 aromatic heterocycles. The van der Waals surface area contributed by atoms with E-state index in [1.165, 1.54) is 0 Å². The summed E-state index contributed by atoms with van der Waals surface area (Å²) in [7, 11) is 0. The second kappa shape index (κ2) is 5.20. The van der Waals surface area contributed by atoms with Crippen LogP contribution in [-0.4, -0.2) is 21.0 Å². The Morgan fingerprint density at radius 1 is 1.33 bits per heavy atom. The molecular formula is C14H13N5O2. The van der Waals surface area contributed by atoms with E-state index in [9.17, 15) is 4.79 Å². The number of benzene rings is 1. The molecule has 3 rings (SSSR count). The van der Waals surface area contributed by atoms with Crippen LogP contribution < -0.4 is 11.1 Å². The van der Waals surface area contributed by atoms with Gasteiger partial charge >= 0.3 is 0 Å². The Labute approximate surface area is 120 Å². The molecule has 106 valence electrons. The highest BCUT2D eigenvalue weighted by molar-refractivity contribution is 6.06. The number of carbonyl (C=O) groups excluding carboxylic acids is 1. The molecule has 0 fully saturated rings. The summed E-state index contributed by atoms with van der Waals surface area (Å²) >= 11 is 0. The van der Waals surface area contributed by atoms with E-state index >= 15 is 0 Å². The van der Waals surface area contributed by atoms with Crippen molar-refractivity contribution in [2.45, 2.75) is 13.5 Å². The number of anilines is 1. The molecule has 7 nitrogen and oxygen atoms in total. The molecule has 0 atom stereocenters. The summed E-state index contributed by atoms with van der Waals surface area (Å²) in [6.45, 7) is 1.88. The Hall–Kier alpha value is -2.96. The second-order valence-corrected chi connectivity index (χ2v) is 4.52. The maximum absolute atomic E-state index is 12.3. The number of nitrogens with one attached hydrogen (secondary N) is 1. The van der Waals surface area contributed by atoms with Crippen molar-refractivity contribution >= 4 is 22.6 Å². The highest BCUT2D eigenvalue weighted by atomic mass is 16.5. The Morgan fingerprint density at radius 3 is 2.90 bits per heavy atom. The van der Waals surface area contributed by atoms with Crippen LogP contribution >= 0.6 is 0 Å². The predicted molar refractivity (Wildman–Crippen MR) is 76.4 cm³/mol. The van der Waals surface area contributed by atoms with Gasteiger partial charge in [0.15, 0.2) is 5.82 Å². The van der Waals surface area contributed by atoms with Gasteiger partial charge in [-0.15, -0.1) is 0 Å². The first-order chi connectivity index (χ1) is 10.1. The zero-order valence-corrected chi connectivity index (χ0v) is 11.3. The van der Waals surface area contributed by atoms with Crippen LogP contribution in [0.15, 0.2) is 34.9 Å². The first-order valence-electron chi connectivity index (χ1n) is 6.36. The largest absolute Gasteiger partial charge is 0.384 e. The van der Waals surface area contributed by atoms with Crippen LogP contribution in [0.5, 0.6) is 0 Å².